The molecule has 0 bridgehead atoms. The number of hydrogen-bond donors (Lipinski definition) is 1. The molecule has 1 heterocycles. The van der Waals surface area contributed by atoms with Crippen molar-refractivity contribution in [3.05, 3.63) is 0 Å². The van der Waals surface area contributed by atoms with Crippen molar-refractivity contribution in [2.45, 2.75) is 18.1 Å². The zero-order chi connectivity index (χ0) is 10.6. The maximum atomic E-state index is 11.9. The summed E-state index contributed by atoms with van der Waals surface area (Å²) < 4.78 is 25.0. The molecule has 0 spiro atoms. The van der Waals surface area contributed by atoms with Gasteiger partial charge in [-0.25, -0.2) is 8.42 Å². The summed E-state index contributed by atoms with van der Waals surface area (Å²) in [6.45, 7) is 1.60. The van der Waals surface area contributed by atoms with E-state index in [1.54, 1.807) is 0 Å². The van der Waals surface area contributed by atoms with Crippen molar-refractivity contribution in [1.29, 1.82) is 0 Å². The molecule has 1 saturated heterocycles. The summed E-state index contributed by atoms with van der Waals surface area (Å²) in [5.74, 6) is 2.34. The number of terminal acetylenes is 1. The van der Waals surface area contributed by atoms with E-state index < -0.39 is 10.0 Å². The van der Waals surface area contributed by atoms with Gasteiger partial charge in [-0.1, -0.05) is 5.92 Å². The van der Waals surface area contributed by atoms with Crippen molar-refractivity contribution >= 4 is 10.0 Å². The minimum Gasteiger partial charge on any atom is -0.315 e. The van der Waals surface area contributed by atoms with Crippen LogP contribution in [0, 0.1) is 12.3 Å². The molecule has 1 aliphatic heterocycles. The van der Waals surface area contributed by atoms with Gasteiger partial charge in [0.2, 0.25) is 10.0 Å². The Morgan fingerprint density at radius 3 is 2.86 bits per heavy atom. The normalized spacial score (nSPS) is 23.4. The first-order valence-corrected chi connectivity index (χ1v) is 6.18. The number of rotatable bonds is 3. The Labute approximate surface area is 85.7 Å². The van der Waals surface area contributed by atoms with Crippen molar-refractivity contribution in [2.75, 3.05) is 26.7 Å². The van der Waals surface area contributed by atoms with Gasteiger partial charge in [-0.05, 0) is 19.4 Å². The fraction of sp³-hybridized carbons (Fsp3) is 0.778. The zero-order valence-corrected chi connectivity index (χ0v) is 9.18. The molecule has 0 saturated carbocycles. The van der Waals surface area contributed by atoms with E-state index in [-0.39, 0.29) is 11.8 Å². The van der Waals surface area contributed by atoms with E-state index in [2.05, 4.69) is 11.2 Å². The largest absolute Gasteiger partial charge is 0.315 e. The highest BCUT2D eigenvalue weighted by Gasteiger charge is 2.30. The number of hydrogen-bond acceptors (Lipinski definition) is 3. The van der Waals surface area contributed by atoms with E-state index in [1.165, 1.54) is 11.4 Å². The summed E-state index contributed by atoms with van der Waals surface area (Å²) in [6, 6.07) is 0. The lowest BCUT2D eigenvalue weighted by molar-refractivity contribution is 0.450. The SMILES string of the molecule is C#CCN(C)S(=O)(=O)C1CCCNC1. The third-order valence-electron chi connectivity index (χ3n) is 2.42. The molecule has 0 aromatic carbocycles. The molecular weight excluding hydrogens is 200 g/mol. The van der Waals surface area contributed by atoms with Gasteiger partial charge in [-0.15, -0.1) is 6.42 Å². The third kappa shape index (κ3) is 2.47. The summed E-state index contributed by atoms with van der Waals surface area (Å²) in [4.78, 5) is 0. The van der Waals surface area contributed by atoms with E-state index in [1.807, 2.05) is 0 Å². The molecule has 1 fully saturated rings. The number of piperidine rings is 1. The van der Waals surface area contributed by atoms with E-state index in [4.69, 9.17) is 6.42 Å². The van der Waals surface area contributed by atoms with Gasteiger partial charge >= 0.3 is 0 Å². The molecule has 1 N–H and O–H groups in total. The molecule has 1 rings (SSSR count). The third-order valence-corrected chi connectivity index (χ3v) is 4.66. The van der Waals surface area contributed by atoms with Crippen LogP contribution in [0.2, 0.25) is 0 Å². The van der Waals surface area contributed by atoms with Gasteiger partial charge in [0, 0.05) is 13.6 Å². The zero-order valence-electron chi connectivity index (χ0n) is 8.36. The monoisotopic (exact) mass is 216 g/mol. The van der Waals surface area contributed by atoms with Gasteiger partial charge in [0.05, 0.1) is 11.8 Å². The Hall–Kier alpha value is -0.570. The second-order valence-corrected chi connectivity index (χ2v) is 5.79. The number of nitrogens with zero attached hydrogens (tertiary/aromatic N) is 1. The first-order valence-electron chi connectivity index (χ1n) is 4.68. The molecule has 0 aromatic rings. The van der Waals surface area contributed by atoms with Crippen LogP contribution in [0.15, 0.2) is 0 Å². The number of nitrogens with one attached hydrogen (secondary N) is 1. The maximum Gasteiger partial charge on any atom is 0.218 e. The summed E-state index contributed by atoms with van der Waals surface area (Å²) >= 11 is 0. The van der Waals surface area contributed by atoms with Gasteiger partial charge < -0.3 is 5.32 Å². The van der Waals surface area contributed by atoms with Crippen molar-refractivity contribution < 1.29 is 8.42 Å². The molecule has 80 valence electrons. The van der Waals surface area contributed by atoms with E-state index in [0.29, 0.717) is 6.54 Å². The molecule has 0 amide bonds. The van der Waals surface area contributed by atoms with Gasteiger partial charge in [-0.3, -0.25) is 0 Å². The first-order chi connectivity index (χ1) is 6.59. The van der Waals surface area contributed by atoms with Crippen LogP contribution in [-0.4, -0.2) is 44.7 Å². The van der Waals surface area contributed by atoms with Gasteiger partial charge in [0.1, 0.15) is 0 Å². The Morgan fingerprint density at radius 2 is 2.36 bits per heavy atom. The maximum absolute atomic E-state index is 11.9. The van der Waals surface area contributed by atoms with Crippen molar-refractivity contribution in [1.82, 2.24) is 9.62 Å². The highest BCUT2D eigenvalue weighted by molar-refractivity contribution is 7.89. The molecule has 0 aliphatic carbocycles. The van der Waals surface area contributed by atoms with Crippen LogP contribution in [0.5, 0.6) is 0 Å². The standard InChI is InChI=1S/C9H16N2O2S/c1-3-7-11(2)14(12,13)9-5-4-6-10-8-9/h1,9-10H,4-8H2,2H3. The summed E-state index contributed by atoms with van der Waals surface area (Å²) in [5, 5.41) is 2.77. The van der Waals surface area contributed by atoms with Gasteiger partial charge in [0.25, 0.3) is 0 Å². The predicted octanol–water partition coefficient (Wildman–Crippen LogP) is -0.367. The fourth-order valence-corrected chi connectivity index (χ4v) is 3.10. The van der Waals surface area contributed by atoms with Crippen LogP contribution in [0.3, 0.4) is 0 Å². The molecule has 14 heavy (non-hydrogen) atoms. The van der Waals surface area contributed by atoms with Crippen LogP contribution >= 0.6 is 0 Å². The summed E-state index contributed by atoms with van der Waals surface area (Å²) in [6.07, 6.45) is 6.72. The quantitative estimate of drug-likeness (QED) is 0.655. The van der Waals surface area contributed by atoms with Gasteiger partial charge in [0.15, 0.2) is 0 Å². The lowest BCUT2D eigenvalue weighted by Gasteiger charge is -2.26. The Kier molecular flexibility index (Phi) is 3.93. The smallest absolute Gasteiger partial charge is 0.218 e. The second-order valence-electron chi connectivity index (χ2n) is 3.47. The number of sulfonamides is 1. The topological polar surface area (TPSA) is 49.4 Å². The average molecular weight is 216 g/mol. The minimum absolute atomic E-state index is 0.152. The Morgan fingerprint density at radius 1 is 1.64 bits per heavy atom. The second kappa shape index (κ2) is 4.78. The fourth-order valence-electron chi connectivity index (χ4n) is 1.55. The van der Waals surface area contributed by atoms with Crippen LogP contribution in [0.1, 0.15) is 12.8 Å². The van der Waals surface area contributed by atoms with Crippen molar-refractivity contribution in [2.24, 2.45) is 0 Å². The highest BCUT2D eigenvalue weighted by Crippen LogP contribution is 2.14. The van der Waals surface area contributed by atoms with Crippen molar-refractivity contribution in [3.63, 3.8) is 0 Å². The van der Waals surface area contributed by atoms with E-state index in [9.17, 15) is 8.42 Å². The minimum atomic E-state index is -3.20. The average Bonchev–Trinajstić information content (AvgIpc) is 2.19. The molecule has 1 unspecified atom stereocenters. The van der Waals surface area contributed by atoms with Crippen LogP contribution in [0.4, 0.5) is 0 Å². The van der Waals surface area contributed by atoms with E-state index in [0.717, 1.165) is 19.4 Å². The molecule has 1 aliphatic rings. The molecule has 4 nitrogen and oxygen atoms in total. The first kappa shape index (κ1) is 11.5. The van der Waals surface area contributed by atoms with Crippen LogP contribution in [0.25, 0.3) is 0 Å². The molecule has 0 radical (unpaired) electrons. The lowest BCUT2D eigenvalue weighted by Crippen LogP contribution is -2.45. The Balaban J connectivity index is 2.68. The van der Waals surface area contributed by atoms with E-state index >= 15 is 0 Å². The highest BCUT2D eigenvalue weighted by atomic mass is 32.2. The predicted molar refractivity (Wildman–Crippen MR) is 56.3 cm³/mol. The van der Waals surface area contributed by atoms with Crippen molar-refractivity contribution in [3.8, 4) is 12.3 Å². The summed E-state index contributed by atoms with van der Waals surface area (Å²) in [5.41, 5.74) is 0. The van der Waals surface area contributed by atoms with Crippen LogP contribution < -0.4 is 5.32 Å². The van der Waals surface area contributed by atoms with Crippen LogP contribution in [-0.2, 0) is 10.0 Å². The Bertz CT molecular complexity index is 312. The lowest BCUT2D eigenvalue weighted by atomic mass is 10.2. The molecule has 0 aromatic heterocycles. The van der Waals surface area contributed by atoms with Gasteiger partial charge in [-0.2, -0.15) is 4.31 Å². The molecule has 1 atom stereocenters. The molecular formula is C9H16N2O2S. The summed E-state index contributed by atoms with van der Waals surface area (Å²) in [7, 11) is -1.66. The molecule has 5 heteroatoms.